The van der Waals surface area contributed by atoms with Gasteiger partial charge in [0.25, 0.3) is 0 Å². The van der Waals surface area contributed by atoms with Crippen molar-refractivity contribution < 1.29 is 22.7 Å². The number of anilines is 1. The molecule has 1 aromatic heterocycles. The molecule has 1 fully saturated rings. The number of hydrogen-bond donors (Lipinski definition) is 1. The molecule has 3 rings (SSSR count). The average Bonchev–Trinajstić information content (AvgIpc) is 3.19. The van der Waals surface area contributed by atoms with E-state index in [1.165, 1.54) is 24.3 Å². The molecule has 0 radical (unpaired) electrons. The third kappa shape index (κ3) is 3.78. The van der Waals surface area contributed by atoms with Crippen molar-refractivity contribution in [2.75, 3.05) is 11.4 Å². The van der Waals surface area contributed by atoms with Gasteiger partial charge in [0.15, 0.2) is 0 Å². The topological polar surface area (TPSA) is 49.2 Å². The maximum absolute atomic E-state index is 12.9. The highest BCUT2D eigenvalue weighted by Crippen LogP contribution is 2.39. The van der Waals surface area contributed by atoms with Gasteiger partial charge in [-0.15, -0.1) is 10.2 Å². The molecule has 0 amide bonds. The highest BCUT2D eigenvalue weighted by Gasteiger charge is 2.38. The first kappa shape index (κ1) is 16.1. The second-order valence-electron chi connectivity index (χ2n) is 5.34. The van der Waals surface area contributed by atoms with E-state index in [0.717, 1.165) is 12.8 Å². The van der Waals surface area contributed by atoms with Gasteiger partial charge in [0, 0.05) is 6.04 Å². The van der Waals surface area contributed by atoms with Gasteiger partial charge < -0.3 is 10.0 Å². The van der Waals surface area contributed by atoms with Gasteiger partial charge in [-0.1, -0.05) is 23.5 Å². The summed E-state index contributed by atoms with van der Waals surface area (Å²) in [5, 5.41) is 16.2. The SMILES string of the molecule is OC(CN(c1nnc(C(F)(F)F)s1)C1CC1)c1ccc(F)cc1. The van der Waals surface area contributed by atoms with Gasteiger partial charge in [0.05, 0.1) is 12.6 Å². The number of benzene rings is 1. The van der Waals surface area contributed by atoms with Crippen LogP contribution in [-0.2, 0) is 6.18 Å². The summed E-state index contributed by atoms with van der Waals surface area (Å²) in [6.07, 6.45) is -3.82. The van der Waals surface area contributed by atoms with Gasteiger partial charge in [-0.25, -0.2) is 4.39 Å². The molecule has 4 nitrogen and oxygen atoms in total. The van der Waals surface area contributed by atoms with Crippen LogP contribution in [0.2, 0.25) is 0 Å². The minimum absolute atomic E-state index is 0.0548. The second-order valence-corrected chi connectivity index (χ2v) is 6.29. The molecule has 0 bridgehead atoms. The second kappa shape index (κ2) is 6.04. The summed E-state index contributed by atoms with van der Waals surface area (Å²) >= 11 is 0.463. The van der Waals surface area contributed by atoms with E-state index in [1.54, 1.807) is 4.90 Å². The van der Waals surface area contributed by atoms with Crippen molar-refractivity contribution in [3.63, 3.8) is 0 Å². The number of aromatic nitrogens is 2. The number of nitrogens with zero attached hydrogens (tertiary/aromatic N) is 3. The monoisotopic (exact) mass is 347 g/mol. The van der Waals surface area contributed by atoms with Crippen LogP contribution in [0.4, 0.5) is 22.7 Å². The van der Waals surface area contributed by atoms with E-state index >= 15 is 0 Å². The molecule has 2 aromatic rings. The van der Waals surface area contributed by atoms with E-state index in [1.807, 2.05) is 0 Å². The Morgan fingerprint density at radius 2 is 1.87 bits per heavy atom. The van der Waals surface area contributed by atoms with Crippen molar-refractivity contribution in [3.8, 4) is 0 Å². The highest BCUT2D eigenvalue weighted by molar-refractivity contribution is 7.15. The molecule has 124 valence electrons. The Labute approximate surface area is 133 Å². The molecule has 1 aliphatic rings. The maximum Gasteiger partial charge on any atom is 0.445 e. The molecule has 23 heavy (non-hydrogen) atoms. The number of halogens is 4. The fourth-order valence-electron chi connectivity index (χ4n) is 2.19. The zero-order valence-electron chi connectivity index (χ0n) is 11.8. The predicted molar refractivity (Wildman–Crippen MR) is 76.6 cm³/mol. The molecule has 1 aromatic carbocycles. The third-order valence-electron chi connectivity index (χ3n) is 3.51. The molecular weight excluding hydrogens is 334 g/mol. The van der Waals surface area contributed by atoms with E-state index in [9.17, 15) is 22.7 Å². The van der Waals surface area contributed by atoms with Gasteiger partial charge in [-0.05, 0) is 30.5 Å². The van der Waals surface area contributed by atoms with Crippen LogP contribution in [0, 0.1) is 5.82 Å². The number of alkyl halides is 3. The third-order valence-corrected chi connectivity index (χ3v) is 4.52. The Hall–Kier alpha value is -1.74. The van der Waals surface area contributed by atoms with Gasteiger partial charge in [0.1, 0.15) is 5.82 Å². The lowest BCUT2D eigenvalue weighted by Crippen LogP contribution is -2.30. The van der Waals surface area contributed by atoms with Crippen molar-refractivity contribution in [3.05, 3.63) is 40.7 Å². The van der Waals surface area contributed by atoms with Crippen LogP contribution >= 0.6 is 11.3 Å². The van der Waals surface area contributed by atoms with Gasteiger partial charge in [-0.3, -0.25) is 0 Å². The summed E-state index contributed by atoms with van der Waals surface area (Å²) in [7, 11) is 0. The standard InChI is InChI=1S/C14H13F4N3OS/c15-9-3-1-8(2-4-9)11(22)7-21(10-5-6-10)13-20-19-12(23-13)14(16,17)18/h1-4,10-11,22H,5-7H2. The molecule has 1 saturated carbocycles. The van der Waals surface area contributed by atoms with Crippen LogP contribution in [0.15, 0.2) is 24.3 Å². The normalized spacial score (nSPS) is 16.4. The van der Waals surface area contributed by atoms with Crippen LogP contribution < -0.4 is 4.90 Å². The number of rotatable bonds is 5. The summed E-state index contributed by atoms with van der Waals surface area (Å²) in [5.41, 5.74) is 0.498. The van der Waals surface area contributed by atoms with Crippen molar-refractivity contribution in [1.29, 1.82) is 0 Å². The molecule has 1 aliphatic carbocycles. The Kier molecular flexibility index (Phi) is 4.24. The van der Waals surface area contributed by atoms with Crippen LogP contribution in [0.1, 0.15) is 29.5 Å². The first-order valence-electron chi connectivity index (χ1n) is 6.95. The highest BCUT2D eigenvalue weighted by atomic mass is 32.1. The van der Waals surface area contributed by atoms with Crippen LogP contribution in [0.5, 0.6) is 0 Å². The van der Waals surface area contributed by atoms with E-state index in [0.29, 0.717) is 16.9 Å². The van der Waals surface area contributed by atoms with Gasteiger partial charge in [-0.2, -0.15) is 13.2 Å². The fraction of sp³-hybridized carbons (Fsp3) is 0.429. The van der Waals surface area contributed by atoms with E-state index in [2.05, 4.69) is 10.2 Å². The summed E-state index contributed by atoms with van der Waals surface area (Å²) < 4.78 is 50.9. The number of hydrogen-bond acceptors (Lipinski definition) is 5. The molecule has 0 aliphatic heterocycles. The molecule has 0 saturated heterocycles. The van der Waals surface area contributed by atoms with Gasteiger partial charge in [0.2, 0.25) is 10.1 Å². The van der Waals surface area contributed by atoms with E-state index in [4.69, 9.17) is 0 Å². The van der Waals surface area contributed by atoms with E-state index < -0.39 is 23.1 Å². The molecular formula is C14H13F4N3OS. The molecule has 1 heterocycles. The van der Waals surface area contributed by atoms with Gasteiger partial charge >= 0.3 is 6.18 Å². The summed E-state index contributed by atoms with van der Waals surface area (Å²) in [5.74, 6) is -0.418. The lowest BCUT2D eigenvalue weighted by molar-refractivity contribution is -0.138. The fourth-order valence-corrected chi connectivity index (χ4v) is 2.99. The minimum Gasteiger partial charge on any atom is -0.387 e. The zero-order chi connectivity index (χ0) is 16.6. The van der Waals surface area contributed by atoms with Crippen molar-refractivity contribution in [1.82, 2.24) is 10.2 Å². The Balaban J connectivity index is 1.77. The van der Waals surface area contributed by atoms with E-state index in [-0.39, 0.29) is 17.7 Å². The Morgan fingerprint density at radius 1 is 1.22 bits per heavy atom. The lowest BCUT2D eigenvalue weighted by atomic mass is 10.1. The Bertz CT molecular complexity index is 669. The molecule has 9 heteroatoms. The largest absolute Gasteiger partial charge is 0.445 e. The summed E-state index contributed by atoms with van der Waals surface area (Å²) in [6.45, 7) is 0.0861. The van der Waals surface area contributed by atoms with Crippen molar-refractivity contribution >= 4 is 16.5 Å². The van der Waals surface area contributed by atoms with Crippen LogP contribution in [0.3, 0.4) is 0 Å². The van der Waals surface area contributed by atoms with Crippen molar-refractivity contribution in [2.45, 2.75) is 31.2 Å². The molecule has 0 spiro atoms. The van der Waals surface area contributed by atoms with Crippen LogP contribution in [0.25, 0.3) is 0 Å². The summed E-state index contributed by atoms with van der Waals surface area (Å²) in [4.78, 5) is 1.64. The summed E-state index contributed by atoms with van der Waals surface area (Å²) in [6, 6.07) is 5.41. The molecule has 1 N–H and O–H groups in total. The zero-order valence-corrected chi connectivity index (χ0v) is 12.6. The Morgan fingerprint density at radius 3 is 2.39 bits per heavy atom. The minimum atomic E-state index is -4.53. The quantitative estimate of drug-likeness (QED) is 0.843. The van der Waals surface area contributed by atoms with Crippen molar-refractivity contribution in [2.24, 2.45) is 0 Å². The smallest absolute Gasteiger partial charge is 0.387 e. The predicted octanol–water partition coefficient (Wildman–Crippen LogP) is 3.40. The average molecular weight is 347 g/mol. The van der Waals surface area contributed by atoms with Crippen LogP contribution in [-0.4, -0.2) is 27.9 Å². The maximum atomic E-state index is 12.9. The number of aliphatic hydroxyl groups is 1. The first-order chi connectivity index (χ1) is 10.8. The first-order valence-corrected chi connectivity index (χ1v) is 7.77. The lowest BCUT2D eigenvalue weighted by Gasteiger charge is -2.24. The number of aliphatic hydroxyl groups excluding tert-OH is 1. The molecule has 1 unspecified atom stereocenters. The molecule has 1 atom stereocenters.